The van der Waals surface area contributed by atoms with E-state index in [1.54, 1.807) is 0 Å². The van der Waals surface area contributed by atoms with Crippen molar-refractivity contribution < 1.29 is 8.83 Å². The molecule has 20 aromatic rings. The van der Waals surface area contributed by atoms with Crippen molar-refractivity contribution >= 4 is 144 Å². The van der Waals surface area contributed by atoms with Crippen molar-refractivity contribution in [3.63, 3.8) is 0 Å². The maximum Gasteiger partial charge on any atom is 0.159 e. The first-order valence-corrected chi connectivity index (χ1v) is 41.3. The summed E-state index contributed by atoms with van der Waals surface area (Å²) >= 11 is 0. The molecule has 0 spiro atoms. The monoisotopic (exact) mass is 1520 g/mol. The minimum atomic E-state index is -0.191. The SMILES string of the molecule is Cc1ccc2c(c1)=CN(c1cc3c(-c4ccc(-c5ccccc5)cc4)c(/C(=N/c4ccccc4)c4ccccc4)c4cc(-c5ccc(C(C)C)cc5)c5oc6c(N(c7ccccc7)c7cc8cccc(-c9ccccc9)c8c8ccccc78)cccc6c5c4c3c3oc4cc(N5Cc6ccccc6-c6ccccc65)ccc4c13)C1C=CC=CC=21. The number of para-hydroxylation sites is 4. The molecule has 0 amide bonds. The molecular formula is C113H78N4O2. The summed E-state index contributed by atoms with van der Waals surface area (Å²) in [6, 6.07) is 133. The first-order valence-electron chi connectivity index (χ1n) is 41.3. The van der Waals surface area contributed by atoms with Gasteiger partial charge in [-0.2, -0.15) is 0 Å². The molecule has 0 saturated carbocycles. The van der Waals surface area contributed by atoms with E-state index in [2.05, 4.69) is 430 Å². The van der Waals surface area contributed by atoms with E-state index in [-0.39, 0.29) is 6.04 Å². The van der Waals surface area contributed by atoms with E-state index in [1.165, 1.54) is 55.1 Å². The molecule has 2 aromatic heterocycles. The maximum absolute atomic E-state index is 8.27. The van der Waals surface area contributed by atoms with Gasteiger partial charge in [0.1, 0.15) is 16.7 Å². The second-order valence-corrected chi connectivity index (χ2v) is 32.2. The van der Waals surface area contributed by atoms with Crippen molar-refractivity contribution in [2.24, 2.45) is 4.99 Å². The van der Waals surface area contributed by atoms with Crippen LogP contribution < -0.4 is 25.1 Å². The predicted octanol–water partition coefficient (Wildman–Crippen LogP) is 29.1. The number of aliphatic imine (C=N–C) groups is 1. The zero-order valence-electron chi connectivity index (χ0n) is 66.0. The highest BCUT2D eigenvalue weighted by molar-refractivity contribution is 6.42. The Bertz CT molecular complexity index is 7780. The third kappa shape index (κ3) is 11.4. The van der Waals surface area contributed by atoms with E-state index < -0.39 is 0 Å². The molecule has 1 atom stereocenters. The average molecular weight is 1520 g/mol. The van der Waals surface area contributed by atoms with E-state index in [9.17, 15) is 0 Å². The molecule has 0 bridgehead atoms. The second kappa shape index (κ2) is 28.1. The standard InChI is InChI=1S/C113H78N4O2/c1-70(2)72-52-56-76(57-53-72)94-66-95-106(108-93-47-28-50-99(111(93)119-112(94)108)117(83-39-17-8-18-40-83)100-64-79-36-27-46-87(75-31-11-5-12-32-75)103(79)91-45-22-21-44-90(91)100)109-96(104(77-58-54-74(55-59-77)73-29-9-4-10-30-73)107(95)110(78-33-13-6-14-34-78)114-82-37-15-7-16-38-82)67-101(116-69-81-63-71(3)51-61-86(81)89-43-24-26-49-98(89)116)105-92-62-60-84(65-102(92)118-113(105)109)115-68-80-35-19-20-41-85(80)88-42-23-25-48-97(88)115/h4-67,69-70,98H,68H2,1-3H3/b114-110+. The molecule has 0 fully saturated rings. The fourth-order valence-electron chi connectivity index (χ4n) is 19.4. The van der Waals surface area contributed by atoms with Gasteiger partial charge in [0, 0.05) is 90.4 Å². The molecule has 0 N–H and O–H groups in total. The van der Waals surface area contributed by atoms with Crippen LogP contribution in [0.1, 0.15) is 47.6 Å². The maximum atomic E-state index is 8.27. The third-order valence-corrected chi connectivity index (χ3v) is 24.9. The van der Waals surface area contributed by atoms with Crippen LogP contribution in [0, 0.1) is 6.92 Å². The van der Waals surface area contributed by atoms with Gasteiger partial charge in [-0.05, 0) is 184 Å². The summed E-state index contributed by atoms with van der Waals surface area (Å²) in [5, 5.41) is 14.8. The van der Waals surface area contributed by atoms with E-state index in [0.29, 0.717) is 12.5 Å². The molecule has 3 aliphatic rings. The Labute approximate surface area is 689 Å². The van der Waals surface area contributed by atoms with Crippen LogP contribution in [-0.2, 0) is 6.54 Å². The normalized spacial score (nSPS) is 13.8. The largest absolute Gasteiger partial charge is 0.455 e. The van der Waals surface area contributed by atoms with Gasteiger partial charge in [-0.1, -0.05) is 329 Å². The van der Waals surface area contributed by atoms with E-state index in [1.807, 2.05) is 0 Å². The Balaban J connectivity index is 0.922. The number of hydrogen-bond donors (Lipinski definition) is 0. The number of benzene rings is 18. The van der Waals surface area contributed by atoms with Crippen molar-refractivity contribution in [3.05, 3.63) is 427 Å². The number of anilines is 6. The molecule has 0 saturated heterocycles. The molecule has 1 aliphatic carbocycles. The average Bonchev–Trinajstić information content (AvgIpc) is 1.60. The lowest BCUT2D eigenvalue weighted by molar-refractivity contribution is 0.670. The molecule has 1 unspecified atom stereocenters. The zero-order valence-corrected chi connectivity index (χ0v) is 66.0. The minimum Gasteiger partial charge on any atom is -0.455 e. The van der Waals surface area contributed by atoms with Crippen LogP contribution in [0.15, 0.2) is 402 Å². The van der Waals surface area contributed by atoms with Crippen molar-refractivity contribution in [3.8, 4) is 55.6 Å². The number of furan rings is 2. The number of hydrogen-bond acceptors (Lipinski definition) is 6. The second-order valence-electron chi connectivity index (χ2n) is 32.2. The fourth-order valence-corrected chi connectivity index (χ4v) is 19.4. The van der Waals surface area contributed by atoms with Gasteiger partial charge in [0.25, 0.3) is 0 Å². The number of fused-ring (bicyclic) bond motifs is 19. The smallest absolute Gasteiger partial charge is 0.159 e. The summed E-state index contributed by atoms with van der Waals surface area (Å²) in [5.74, 6) is 0.294. The van der Waals surface area contributed by atoms with Gasteiger partial charge >= 0.3 is 0 Å². The molecule has 119 heavy (non-hydrogen) atoms. The summed E-state index contributed by atoms with van der Waals surface area (Å²) in [6.07, 6.45) is 11.5. The molecule has 2 aliphatic heterocycles. The lowest BCUT2D eigenvalue weighted by Gasteiger charge is -2.34. The number of nitrogens with zero attached hydrogens (tertiary/aromatic N) is 4. The lowest BCUT2D eigenvalue weighted by Crippen LogP contribution is -2.44. The Hall–Kier alpha value is -15.1. The van der Waals surface area contributed by atoms with Crippen LogP contribution in [0.25, 0.3) is 154 Å². The van der Waals surface area contributed by atoms with E-state index >= 15 is 0 Å². The summed E-state index contributed by atoms with van der Waals surface area (Å²) in [7, 11) is 0. The minimum absolute atomic E-state index is 0.191. The highest BCUT2D eigenvalue weighted by Crippen LogP contribution is 2.57. The third-order valence-electron chi connectivity index (χ3n) is 24.9. The molecule has 18 aromatic carbocycles. The van der Waals surface area contributed by atoms with Gasteiger partial charge in [-0.15, -0.1) is 0 Å². The summed E-state index contributed by atoms with van der Waals surface area (Å²) in [6.45, 7) is 7.43. The van der Waals surface area contributed by atoms with Crippen molar-refractivity contribution in [1.82, 2.24) is 0 Å². The summed E-state index contributed by atoms with van der Waals surface area (Å²) in [5.41, 5.74) is 28.7. The van der Waals surface area contributed by atoms with Crippen molar-refractivity contribution in [2.75, 3.05) is 14.7 Å². The van der Waals surface area contributed by atoms with Crippen LogP contribution in [0.4, 0.5) is 39.8 Å². The molecule has 6 nitrogen and oxygen atoms in total. The number of allylic oxidation sites excluding steroid dienone is 2. The predicted molar refractivity (Wildman–Crippen MR) is 500 cm³/mol. The van der Waals surface area contributed by atoms with E-state index in [4.69, 9.17) is 13.8 Å². The van der Waals surface area contributed by atoms with E-state index in [0.717, 1.165) is 177 Å². The van der Waals surface area contributed by atoms with Crippen LogP contribution in [0.3, 0.4) is 0 Å². The molecule has 6 heteroatoms. The number of aryl methyl sites for hydroxylation is 1. The molecule has 4 heterocycles. The van der Waals surface area contributed by atoms with Gasteiger partial charge in [0.05, 0.1) is 39.9 Å². The van der Waals surface area contributed by atoms with Gasteiger partial charge < -0.3 is 23.5 Å². The Kier molecular flexibility index (Phi) is 16.4. The van der Waals surface area contributed by atoms with Crippen LogP contribution in [0.2, 0.25) is 0 Å². The summed E-state index contributed by atoms with van der Waals surface area (Å²) in [4.78, 5) is 13.5. The molecule has 0 radical (unpaired) electrons. The Morgan fingerprint density at radius 1 is 0.420 bits per heavy atom. The van der Waals surface area contributed by atoms with Crippen LogP contribution >= 0.6 is 0 Å². The lowest BCUT2D eigenvalue weighted by atomic mass is 9.81. The first-order chi connectivity index (χ1) is 58.8. The van der Waals surface area contributed by atoms with Gasteiger partial charge in [0.2, 0.25) is 0 Å². The first kappa shape index (κ1) is 69.4. The fraction of sp³-hybridized carbons (Fsp3) is 0.0531. The van der Waals surface area contributed by atoms with Gasteiger partial charge in [-0.3, -0.25) is 0 Å². The van der Waals surface area contributed by atoms with Crippen LogP contribution in [0.5, 0.6) is 0 Å². The molecular weight excluding hydrogens is 1450 g/mol. The zero-order chi connectivity index (χ0) is 78.9. The van der Waals surface area contributed by atoms with Crippen molar-refractivity contribution in [1.29, 1.82) is 0 Å². The number of rotatable bonds is 13. The Morgan fingerprint density at radius 3 is 1.86 bits per heavy atom. The molecule has 562 valence electrons. The molecule has 23 rings (SSSR count). The highest BCUT2D eigenvalue weighted by atomic mass is 16.3. The Morgan fingerprint density at radius 2 is 1.07 bits per heavy atom. The topological polar surface area (TPSA) is 48.4 Å². The van der Waals surface area contributed by atoms with Gasteiger partial charge in [-0.25, -0.2) is 4.99 Å². The van der Waals surface area contributed by atoms with Gasteiger partial charge in [0.15, 0.2) is 5.58 Å². The van der Waals surface area contributed by atoms with Crippen LogP contribution in [-0.4, -0.2) is 11.8 Å². The van der Waals surface area contributed by atoms with Crippen molar-refractivity contribution in [2.45, 2.75) is 39.3 Å². The highest BCUT2D eigenvalue weighted by Gasteiger charge is 2.35. The quantitative estimate of drug-likeness (QED) is 0.0850. The summed E-state index contributed by atoms with van der Waals surface area (Å²) < 4.78 is 16.5.